The molecule has 0 heterocycles. The van der Waals surface area contributed by atoms with Gasteiger partial charge in [0.2, 0.25) is 0 Å². The van der Waals surface area contributed by atoms with Gasteiger partial charge in [0.05, 0.1) is 10.5 Å². The second-order valence-corrected chi connectivity index (χ2v) is 7.57. The first-order chi connectivity index (χ1) is 15.7. The number of benzene rings is 3. The third-order valence-electron chi connectivity index (χ3n) is 5.06. The number of hydrogen-bond donors (Lipinski definition) is 1. The third-order valence-corrected chi connectivity index (χ3v) is 5.06. The average molecular weight is 446 g/mol. The van der Waals surface area contributed by atoms with Crippen LogP contribution in [0.5, 0.6) is 0 Å². The van der Waals surface area contributed by atoms with Crippen LogP contribution in [-0.2, 0) is 9.53 Å². The van der Waals surface area contributed by atoms with Crippen molar-refractivity contribution < 1.29 is 24.0 Å². The summed E-state index contributed by atoms with van der Waals surface area (Å²) in [6, 6.07) is 15.8. The molecule has 0 aromatic heterocycles. The van der Waals surface area contributed by atoms with Crippen LogP contribution < -0.4 is 5.32 Å². The van der Waals surface area contributed by atoms with Gasteiger partial charge in [0.15, 0.2) is 12.4 Å². The number of aryl methyl sites for hydroxylation is 3. The minimum Gasteiger partial charge on any atom is -0.452 e. The zero-order valence-corrected chi connectivity index (χ0v) is 18.4. The predicted molar refractivity (Wildman–Crippen MR) is 123 cm³/mol. The first-order valence-corrected chi connectivity index (χ1v) is 10.1. The molecule has 0 fully saturated rings. The molecule has 1 N–H and O–H groups in total. The number of carbonyl (C=O) groups excluding carboxylic acids is 3. The largest absolute Gasteiger partial charge is 0.452 e. The van der Waals surface area contributed by atoms with Crippen molar-refractivity contribution in [1.29, 1.82) is 0 Å². The summed E-state index contributed by atoms with van der Waals surface area (Å²) in [6.45, 7) is 4.73. The summed E-state index contributed by atoms with van der Waals surface area (Å²) in [5.74, 6) is -1.73. The summed E-state index contributed by atoms with van der Waals surface area (Å²) in [4.78, 5) is 48.3. The Balaban J connectivity index is 1.71. The van der Waals surface area contributed by atoms with Crippen LogP contribution in [0.15, 0.2) is 60.7 Å². The van der Waals surface area contributed by atoms with Crippen LogP contribution in [0, 0.1) is 30.9 Å². The molecule has 0 bridgehead atoms. The fourth-order valence-corrected chi connectivity index (χ4v) is 3.28. The smallest absolute Gasteiger partial charge is 0.339 e. The molecule has 0 saturated heterocycles. The van der Waals surface area contributed by atoms with E-state index in [0.29, 0.717) is 16.8 Å². The molecule has 3 rings (SSSR count). The van der Waals surface area contributed by atoms with Gasteiger partial charge in [0, 0.05) is 28.9 Å². The SMILES string of the molecule is Cc1ccc(C)c(C(=O)c2ccccc2C(=O)OCC(=O)Nc2ccc([N+](=O)[O-])cc2C)c1. The monoisotopic (exact) mass is 446 g/mol. The maximum atomic E-state index is 13.1. The maximum Gasteiger partial charge on any atom is 0.339 e. The van der Waals surface area contributed by atoms with Gasteiger partial charge in [-0.2, -0.15) is 0 Å². The number of carbonyl (C=O) groups is 3. The summed E-state index contributed by atoms with van der Waals surface area (Å²) in [5.41, 5.74) is 3.20. The third kappa shape index (κ3) is 5.48. The number of hydrogen-bond acceptors (Lipinski definition) is 6. The van der Waals surface area contributed by atoms with Gasteiger partial charge in [0.25, 0.3) is 11.6 Å². The first kappa shape index (κ1) is 23.3. The van der Waals surface area contributed by atoms with Crippen molar-refractivity contribution in [2.45, 2.75) is 20.8 Å². The first-order valence-electron chi connectivity index (χ1n) is 10.1. The molecule has 8 heteroatoms. The van der Waals surface area contributed by atoms with E-state index in [1.165, 1.54) is 24.3 Å². The normalized spacial score (nSPS) is 10.4. The van der Waals surface area contributed by atoms with Gasteiger partial charge in [-0.05, 0) is 50.1 Å². The number of non-ortho nitro benzene ring substituents is 1. The minimum absolute atomic E-state index is 0.0581. The minimum atomic E-state index is -0.806. The lowest BCUT2D eigenvalue weighted by atomic mass is 9.94. The number of ether oxygens (including phenoxy) is 1. The highest BCUT2D eigenvalue weighted by Gasteiger charge is 2.21. The molecular formula is C25H22N2O6. The summed E-state index contributed by atoms with van der Waals surface area (Å²) in [7, 11) is 0. The van der Waals surface area contributed by atoms with Crippen LogP contribution in [0.2, 0.25) is 0 Å². The van der Waals surface area contributed by atoms with Crippen LogP contribution in [-0.4, -0.2) is 29.2 Å². The topological polar surface area (TPSA) is 116 Å². The lowest BCUT2D eigenvalue weighted by Crippen LogP contribution is -2.22. The number of rotatable bonds is 7. The lowest BCUT2D eigenvalue weighted by Gasteiger charge is -2.12. The standard InChI is InChI=1S/C25H22N2O6/c1-15-8-9-16(2)21(12-15)24(29)19-6-4-5-7-20(19)25(30)33-14-23(28)26-22-11-10-18(27(31)32)13-17(22)3/h4-13H,14H2,1-3H3,(H,26,28). The Morgan fingerprint density at radius 2 is 1.58 bits per heavy atom. The lowest BCUT2D eigenvalue weighted by molar-refractivity contribution is -0.384. The Hall–Kier alpha value is -4.33. The summed E-state index contributed by atoms with van der Waals surface area (Å²) in [6.07, 6.45) is 0. The molecule has 3 aromatic carbocycles. The van der Waals surface area contributed by atoms with E-state index in [-0.39, 0.29) is 22.6 Å². The van der Waals surface area contributed by atoms with Crippen molar-refractivity contribution in [2.24, 2.45) is 0 Å². The van der Waals surface area contributed by atoms with E-state index < -0.39 is 23.4 Å². The molecule has 0 aliphatic carbocycles. The Morgan fingerprint density at radius 1 is 0.879 bits per heavy atom. The van der Waals surface area contributed by atoms with E-state index >= 15 is 0 Å². The zero-order chi connectivity index (χ0) is 24.1. The quantitative estimate of drug-likeness (QED) is 0.246. The summed E-state index contributed by atoms with van der Waals surface area (Å²) < 4.78 is 5.13. The molecule has 33 heavy (non-hydrogen) atoms. The molecule has 0 unspecified atom stereocenters. The van der Waals surface area contributed by atoms with Crippen molar-refractivity contribution in [1.82, 2.24) is 0 Å². The van der Waals surface area contributed by atoms with Crippen molar-refractivity contribution in [3.8, 4) is 0 Å². The molecular weight excluding hydrogens is 424 g/mol. The molecule has 0 atom stereocenters. The Bertz CT molecular complexity index is 1270. The Morgan fingerprint density at radius 3 is 2.24 bits per heavy atom. The van der Waals surface area contributed by atoms with Crippen molar-refractivity contribution in [2.75, 3.05) is 11.9 Å². The summed E-state index contributed by atoms with van der Waals surface area (Å²) in [5, 5.41) is 13.4. The zero-order valence-electron chi connectivity index (χ0n) is 18.4. The number of amides is 1. The Labute approximate surface area is 190 Å². The molecule has 0 spiro atoms. The number of esters is 1. The van der Waals surface area contributed by atoms with Crippen molar-refractivity contribution in [3.05, 3.63) is 104 Å². The van der Waals surface area contributed by atoms with Gasteiger partial charge < -0.3 is 10.1 Å². The maximum absolute atomic E-state index is 13.1. The number of nitrogens with zero attached hydrogens (tertiary/aromatic N) is 1. The fourth-order valence-electron chi connectivity index (χ4n) is 3.28. The molecule has 1 amide bonds. The highest BCUT2D eigenvalue weighted by atomic mass is 16.6. The van der Waals surface area contributed by atoms with E-state index in [4.69, 9.17) is 4.74 Å². The molecule has 168 valence electrons. The van der Waals surface area contributed by atoms with Gasteiger partial charge in [-0.15, -0.1) is 0 Å². The van der Waals surface area contributed by atoms with E-state index in [2.05, 4.69) is 5.32 Å². The molecule has 3 aromatic rings. The summed E-state index contributed by atoms with van der Waals surface area (Å²) >= 11 is 0. The molecule has 0 aliphatic rings. The fraction of sp³-hybridized carbons (Fsp3) is 0.160. The highest BCUT2D eigenvalue weighted by Crippen LogP contribution is 2.22. The molecule has 8 nitrogen and oxygen atoms in total. The second-order valence-electron chi connectivity index (χ2n) is 7.57. The van der Waals surface area contributed by atoms with Crippen LogP contribution in [0.4, 0.5) is 11.4 Å². The van der Waals surface area contributed by atoms with Crippen molar-refractivity contribution in [3.63, 3.8) is 0 Å². The Kier molecular flexibility index (Phi) is 6.97. The second kappa shape index (κ2) is 9.86. The van der Waals surface area contributed by atoms with Gasteiger partial charge in [-0.1, -0.05) is 35.9 Å². The molecule has 0 aliphatic heterocycles. The van der Waals surface area contributed by atoms with E-state index in [9.17, 15) is 24.5 Å². The van der Waals surface area contributed by atoms with Gasteiger partial charge >= 0.3 is 5.97 Å². The molecule has 0 radical (unpaired) electrons. The molecule has 0 saturated carbocycles. The number of ketones is 1. The highest BCUT2D eigenvalue weighted by molar-refractivity contribution is 6.15. The number of nitro benzene ring substituents is 1. The average Bonchev–Trinajstić information content (AvgIpc) is 2.79. The van der Waals surface area contributed by atoms with Crippen LogP contribution in [0.25, 0.3) is 0 Å². The van der Waals surface area contributed by atoms with E-state index in [1.807, 2.05) is 26.0 Å². The number of anilines is 1. The van der Waals surface area contributed by atoms with Crippen LogP contribution in [0.1, 0.15) is 43.0 Å². The van der Waals surface area contributed by atoms with Gasteiger partial charge in [-0.3, -0.25) is 19.7 Å². The van der Waals surface area contributed by atoms with E-state index in [0.717, 1.165) is 11.1 Å². The van der Waals surface area contributed by atoms with Crippen LogP contribution in [0.3, 0.4) is 0 Å². The van der Waals surface area contributed by atoms with Gasteiger partial charge in [0.1, 0.15) is 0 Å². The number of nitrogens with one attached hydrogen (secondary N) is 1. The van der Waals surface area contributed by atoms with Crippen LogP contribution >= 0.6 is 0 Å². The van der Waals surface area contributed by atoms with E-state index in [1.54, 1.807) is 31.2 Å². The van der Waals surface area contributed by atoms with Crippen molar-refractivity contribution >= 4 is 29.0 Å². The predicted octanol–water partition coefficient (Wildman–Crippen LogP) is 4.55. The van der Waals surface area contributed by atoms with Gasteiger partial charge in [-0.25, -0.2) is 4.79 Å². The number of nitro groups is 1.